The minimum Gasteiger partial charge on any atom is -0.469 e. The highest BCUT2D eigenvalue weighted by Crippen LogP contribution is 2.29. The predicted octanol–water partition coefficient (Wildman–Crippen LogP) is 3.61. The van der Waals surface area contributed by atoms with Crippen molar-refractivity contribution in [1.29, 1.82) is 5.26 Å². The number of hydrogen-bond acceptors (Lipinski definition) is 4. The van der Waals surface area contributed by atoms with Gasteiger partial charge in [0.2, 0.25) is 0 Å². The number of furan rings is 1. The quantitative estimate of drug-likeness (QED) is 0.936. The molecule has 21 heavy (non-hydrogen) atoms. The zero-order valence-electron chi connectivity index (χ0n) is 11.1. The van der Waals surface area contributed by atoms with E-state index in [4.69, 9.17) is 9.68 Å². The molecule has 0 fully saturated rings. The van der Waals surface area contributed by atoms with E-state index in [0.29, 0.717) is 12.2 Å². The van der Waals surface area contributed by atoms with Crippen molar-refractivity contribution in [2.45, 2.75) is 25.6 Å². The zero-order chi connectivity index (χ0) is 15.5. The molecule has 1 atom stereocenters. The summed E-state index contributed by atoms with van der Waals surface area (Å²) in [5.41, 5.74) is -0.969. The summed E-state index contributed by atoms with van der Waals surface area (Å²) in [7, 11) is 0. The monoisotopic (exact) mass is 295 g/mol. The molecule has 0 bridgehead atoms. The van der Waals surface area contributed by atoms with E-state index < -0.39 is 11.9 Å². The smallest absolute Gasteiger partial charge is 0.433 e. The van der Waals surface area contributed by atoms with Crippen molar-refractivity contribution in [2.24, 2.45) is 0 Å². The van der Waals surface area contributed by atoms with Crippen LogP contribution in [0.1, 0.15) is 23.9 Å². The SMILES string of the molecule is CC(Cc1ccco1)Nc1nc(C(F)(F)F)ccc1C#N. The molecule has 1 N–H and O–H groups in total. The number of aromatic nitrogens is 1. The fourth-order valence-electron chi connectivity index (χ4n) is 1.83. The van der Waals surface area contributed by atoms with Crippen LogP contribution < -0.4 is 5.32 Å². The van der Waals surface area contributed by atoms with E-state index >= 15 is 0 Å². The van der Waals surface area contributed by atoms with Crippen molar-refractivity contribution in [3.8, 4) is 6.07 Å². The Hall–Kier alpha value is -2.49. The Bertz CT molecular complexity index is 644. The van der Waals surface area contributed by atoms with E-state index in [9.17, 15) is 13.2 Å². The Morgan fingerprint density at radius 1 is 1.38 bits per heavy atom. The van der Waals surface area contributed by atoms with Gasteiger partial charge in [-0.1, -0.05) is 0 Å². The number of nitrogens with zero attached hydrogens (tertiary/aromatic N) is 2. The van der Waals surface area contributed by atoms with Crippen LogP contribution in [0.2, 0.25) is 0 Å². The Balaban J connectivity index is 2.19. The van der Waals surface area contributed by atoms with E-state index in [1.165, 1.54) is 6.26 Å². The van der Waals surface area contributed by atoms with Crippen molar-refractivity contribution in [3.05, 3.63) is 47.5 Å². The highest BCUT2D eigenvalue weighted by atomic mass is 19.4. The topological polar surface area (TPSA) is 61.9 Å². The van der Waals surface area contributed by atoms with Gasteiger partial charge >= 0.3 is 6.18 Å². The van der Waals surface area contributed by atoms with Crippen molar-refractivity contribution in [3.63, 3.8) is 0 Å². The molecule has 0 aliphatic rings. The van der Waals surface area contributed by atoms with E-state index in [-0.39, 0.29) is 17.4 Å². The van der Waals surface area contributed by atoms with Crippen LogP contribution in [0.25, 0.3) is 0 Å². The number of nitrogens with one attached hydrogen (secondary N) is 1. The van der Waals surface area contributed by atoms with E-state index in [1.807, 2.05) is 6.07 Å². The third-order valence-corrected chi connectivity index (χ3v) is 2.78. The summed E-state index contributed by atoms with van der Waals surface area (Å²) in [5, 5.41) is 11.8. The van der Waals surface area contributed by atoms with Gasteiger partial charge < -0.3 is 9.73 Å². The first-order valence-corrected chi connectivity index (χ1v) is 6.17. The first kappa shape index (κ1) is 14.9. The molecule has 0 amide bonds. The number of pyridine rings is 1. The first-order valence-electron chi connectivity index (χ1n) is 6.17. The average molecular weight is 295 g/mol. The lowest BCUT2D eigenvalue weighted by atomic mass is 10.1. The summed E-state index contributed by atoms with van der Waals surface area (Å²) < 4.78 is 43.1. The van der Waals surface area contributed by atoms with Crippen LogP contribution in [0.3, 0.4) is 0 Å². The number of alkyl halides is 3. The Morgan fingerprint density at radius 2 is 2.14 bits per heavy atom. The van der Waals surface area contributed by atoms with Crippen LogP contribution in [0.4, 0.5) is 19.0 Å². The van der Waals surface area contributed by atoms with E-state index in [2.05, 4.69) is 10.3 Å². The molecule has 0 saturated heterocycles. The van der Waals surface area contributed by atoms with Crippen LogP contribution in [0.15, 0.2) is 34.9 Å². The van der Waals surface area contributed by atoms with Crippen LogP contribution in [-0.2, 0) is 12.6 Å². The van der Waals surface area contributed by atoms with Crippen molar-refractivity contribution >= 4 is 5.82 Å². The van der Waals surface area contributed by atoms with Crippen molar-refractivity contribution in [2.75, 3.05) is 5.32 Å². The van der Waals surface area contributed by atoms with Gasteiger partial charge in [-0.3, -0.25) is 0 Å². The summed E-state index contributed by atoms with van der Waals surface area (Å²) in [4.78, 5) is 3.49. The zero-order valence-corrected chi connectivity index (χ0v) is 11.1. The van der Waals surface area contributed by atoms with Crippen molar-refractivity contribution in [1.82, 2.24) is 4.98 Å². The predicted molar refractivity (Wildman–Crippen MR) is 69.5 cm³/mol. The lowest BCUT2D eigenvalue weighted by Gasteiger charge is -2.15. The third kappa shape index (κ3) is 3.75. The normalized spacial score (nSPS) is 12.7. The molecule has 0 saturated carbocycles. The molecular formula is C14H12F3N3O. The molecule has 110 valence electrons. The molecule has 0 radical (unpaired) electrons. The van der Waals surface area contributed by atoms with Crippen LogP contribution in [0, 0.1) is 11.3 Å². The van der Waals surface area contributed by atoms with Gasteiger partial charge in [0, 0.05) is 12.5 Å². The number of anilines is 1. The van der Waals surface area contributed by atoms with Crippen LogP contribution in [-0.4, -0.2) is 11.0 Å². The maximum Gasteiger partial charge on any atom is 0.433 e. The molecule has 1 unspecified atom stereocenters. The fourth-order valence-corrected chi connectivity index (χ4v) is 1.83. The molecule has 0 aliphatic heterocycles. The first-order chi connectivity index (χ1) is 9.90. The maximum absolute atomic E-state index is 12.7. The molecule has 0 aliphatic carbocycles. The molecule has 4 nitrogen and oxygen atoms in total. The van der Waals surface area contributed by atoms with Gasteiger partial charge in [0.25, 0.3) is 0 Å². The number of nitriles is 1. The standard InChI is InChI=1S/C14H12F3N3O/c1-9(7-11-3-2-6-21-11)19-13-10(8-18)4-5-12(20-13)14(15,16)17/h2-6,9H,7H2,1H3,(H,19,20). The van der Waals surface area contributed by atoms with E-state index in [0.717, 1.165) is 12.1 Å². The van der Waals surface area contributed by atoms with Crippen LogP contribution >= 0.6 is 0 Å². The number of hydrogen-bond donors (Lipinski definition) is 1. The molecule has 2 heterocycles. The lowest BCUT2D eigenvalue weighted by Crippen LogP contribution is -2.20. The van der Waals surface area contributed by atoms with Crippen molar-refractivity contribution < 1.29 is 17.6 Å². The highest BCUT2D eigenvalue weighted by molar-refractivity contribution is 5.53. The lowest BCUT2D eigenvalue weighted by molar-refractivity contribution is -0.141. The second kappa shape index (κ2) is 5.87. The summed E-state index contributed by atoms with van der Waals surface area (Å²) in [6, 6.07) is 6.98. The third-order valence-electron chi connectivity index (χ3n) is 2.78. The minimum atomic E-state index is -4.55. The highest BCUT2D eigenvalue weighted by Gasteiger charge is 2.33. The van der Waals surface area contributed by atoms with Crippen LogP contribution in [0.5, 0.6) is 0 Å². The second-order valence-electron chi connectivity index (χ2n) is 4.53. The van der Waals surface area contributed by atoms with Gasteiger partial charge in [-0.25, -0.2) is 4.98 Å². The maximum atomic E-state index is 12.7. The Labute approximate surface area is 119 Å². The minimum absolute atomic E-state index is 0.0642. The molecule has 0 spiro atoms. The average Bonchev–Trinajstić information content (AvgIpc) is 2.90. The van der Waals surface area contributed by atoms with Gasteiger partial charge in [-0.05, 0) is 31.2 Å². The molecule has 2 aromatic heterocycles. The summed E-state index contributed by atoms with van der Waals surface area (Å²) in [5.74, 6) is 0.617. The Morgan fingerprint density at radius 3 is 2.71 bits per heavy atom. The molecule has 2 aromatic rings. The van der Waals surface area contributed by atoms with Gasteiger partial charge in [0.1, 0.15) is 23.3 Å². The van der Waals surface area contributed by atoms with Gasteiger partial charge in [-0.2, -0.15) is 18.4 Å². The molecular weight excluding hydrogens is 283 g/mol. The summed E-state index contributed by atoms with van der Waals surface area (Å²) in [6.07, 6.45) is -2.56. The summed E-state index contributed by atoms with van der Waals surface area (Å²) in [6.45, 7) is 1.77. The van der Waals surface area contributed by atoms with Gasteiger partial charge in [0.15, 0.2) is 0 Å². The molecule has 2 rings (SSSR count). The Kier molecular flexibility index (Phi) is 4.17. The number of rotatable bonds is 4. The summed E-state index contributed by atoms with van der Waals surface area (Å²) >= 11 is 0. The second-order valence-corrected chi connectivity index (χ2v) is 4.53. The molecule has 0 aromatic carbocycles. The van der Waals surface area contributed by atoms with Gasteiger partial charge in [-0.15, -0.1) is 0 Å². The molecule has 7 heteroatoms. The largest absolute Gasteiger partial charge is 0.469 e. The van der Waals surface area contributed by atoms with Gasteiger partial charge in [0.05, 0.1) is 11.8 Å². The fraction of sp³-hybridized carbons (Fsp3) is 0.286. The van der Waals surface area contributed by atoms with E-state index in [1.54, 1.807) is 19.1 Å². The number of halogens is 3.